The number of anilines is 3. The van der Waals surface area contributed by atoms with Crippen LogP contribution in [-0.2, 0) is 17.9 Å². The zero-order chi connectivity index (χ0) is 36.3. The minimum atomic E-state index is -0.343. The average molecular weight is 753 g/mol. The van der Waals surface area contributed by atoms with Crippen LogP contribution in [0, 0.1) is 0 Å². The van der Waals surface area contributed by atoms with Gasteiger partial charge in [-0.05, 0) is 61.6 Å². The number of halogens is 2. The molecule has 4 aliphatic rings. The van der Waals surface area contributed by atoms with Crippen LogP contribution in [0.5, 0.6) is 0 Å². The number of benzene rings is 2. The molecule has 3 fully saturated rings. The lowest BCUT2D eigenvalue weighted by Crippen LogP contribution is -2.67. The van der Waals surface area contributed by atoms with Gasteiger partial charge in [0, 0.05) is 74.6 Å². The molecule has 272 valence electrons. The largest absolute Gasteiger partial charge is 0.392 e. The summed E-state index contributed by atoms with van der Waals surface area (Å²) in [5.74, 6) is 0.360. The van der Waals surface area contributed by atoms with E-state index < -0.39 is 0 Å². The number of fused-ring (bicyclic) bond motifs is 2. The van der Waals surface area contributed by atoms with Crippen LogP contribution >= 0.6 is 23.2 Å². The Bertz CT molecular complexity index is 2250. The van der Waals surface area contributed by atoms with Gasteiger partial charge >= 0.3 is 0 Å². The molecule has 5 aromatic rings. The van der Waals surface area contributed by atoms with Crippen molar-refractivity contribution < 1.29 is 14.7 Å². The second kappa shape index (κ2) is 13.7. The summed E-state index contributed by atoms with van der Waals surface area (Å²) in [6.07, 6.45) is 7.54. The quantitative estimate of drug-likeness (QED) is 0.147. The number of nitrogens with zero attached hydrogens (tertiary/aromatic N) is 6. The maximum atomic E-state index is 13.6. The number of rotatable bonds is 8. The minimum absolute atomic E-state index is 0.103. The number of amides is 2. The highest BCUT2D eigenvalue weighted by atomic mass is 35.5. The van der Waals surface area contributed by atoms with Gasteiger partial charge in [0.1, 0.15) is 5.52 Å². The summed E-state index contributed by atoms with van der Waals surface area (Å²) in [6, 6.07) is 17.2. The summed E-state index contributed by atoms with van der Waals surface area (Å²) in [6.45, 7) is 4.66. The highest BCUT2D eigenvalue weighted by Gasteiger charge is 2.50. The highest BCUT2D eigenvalue weighted by Crippen LogP contribution is 2.42. The molecule has 1 unspecified atom stereocenters. The Morgan fingerprint density at radius 2 is 1.79 bits per heavy atom. The number of likely N-dealkylation sites (tertiary alicyclic amines) is 2. The first kappa shape index (κ1) is 34.2. The van der Waals surface area contributed by atoms with E-state index in [2.05, 4.69) is 41.9 Å². The second-order valence-electron chi connectivity index (χ2n) is 14.7. The summed E-state index contributed by atoms with van der Waals surface area (Å²) in [4.78, 5) is 39.4. The third-order valence-electron chi connectivity index (χ3n) is 11.0. The van der Waals surface area contributed by atoms with Crippen molar-refractivity contribution in [2.24, 2.45) is 0 Å². The van der Waals surface area contributed by atoms with Crippen LogP contribution in [0.3, 0.4) is 0 Å². The highest BCUT2D eigenvalue weighted by molar-refractivity contribution is 6.39. The molecular formula is C39H39Cl2N9O3. The molecule has 0 radical (unpaired) electrons. The van der Waals surface area contributed by atoms with Gasteiger partial charge < -0.3 is 21.1 Å². The molecule has 2 aromatic carbocycles. The lowest BCUT2D eigenvalue weighted by Gasteiger charge is -2.52. The number of pyridine rings is 2. The number of β-amino-alcohol motifs (C(OH)–C–C–N with tert-alkyl or cyclic N) is 1. The SMILES string of the molecule is O=C1CCC2(CN(C3CCCn4nc(C(=O)Nc5cccc(-c6cccc(Nc7nccc8cc(CN9CC[C@@H](O)C9)cnc78)c6Cl)c5Cl)cc43)C2)N1. The zero-order valence-electron chi connectivity index (χ0n) is 29.0. The van der Waals surface area contributed by atoms with Gasteiger partial charge in [0.2, 0.25) is 5.91 Å². The lowest BCUT2D eigenvalue weighted by atomic mass is 9.85. The van der Waals surface area contributed by atoms with Gasteiger partial charge in [0.25, 0.3) is 5.91 Å². The fourth-order valence-electron chi connectivity index (χ4n) is 8.39. The van der Waals surface area contributed by atoms with E-state index in [1.165, 1.54) is 0 Å². The third-order valence-corrected chi connectivity index (χ3v) is 11.8. The van der Waals surface area contributed by atoms with Gasteiger partial charge in [-0.3, -0.25) is 29.1 Å². The predicted molar refractivity (Wildman–Crippen MR) is 204 cm³/mol. The van der Waals surface area contributed by atoms with Crippen LogP contribution < -0.4 is 16.0 Å². The van der Waals surface area contributed by atoms with E-state index in [9.17, 15) is 14.7 Å². The maximum Gasteiger partial charge on any atom is 0.276 e. The van der Waals surface area contributed by atoms with Crippen molar-refractivity contribution in [2.75, 3.05) is 36.8 Å². The van der Waals surface area contributed by atoms with Crippen LogP contribution in [0.1, 0.15) is 59.9 Å². The molecule has 4 aliphatic heterocycles. The molecule has 14 heteroatoms. The van der Waals surface area contributed by atoms with E-state index in [0.717, 1.165) is 75.1 Å². The smallest absolute Gasteiger partial charge is 0.276 e. The molecule has 2 atom stereocenters. The number of hydrogen-bond donors (Lipinski definition) is 4. The van der Waals surface area contributed by atoms with Gasteiger partial charge in [-0.25, -0.2) is 4.98 Å². The summed E-state index contributed by atoms with van der Waals surface area (Å²) in [7, 11) is 0. The number of carbonyl (C=O) groups is 2. The number of aromatic nitrogens is 4. The van der Waals surface area contributed by atoms with E-state index in [1.807, 2.05) is 53.3 Å². The van der Waals surface area contributed by atoms with Crippen LogP contribution in [0.25, 0.3) is 22.0 Å². The van der Waals surface area contributed by atoms with Crippen LogP contribution in [0.4, 0.5) is 17.2 Å². The summed E-state index contributed by atoms with van der Waals surface area (Å²) in [5.41, 5.74) is 5.47. The van der Waals surface area contributed by atoms with Crippen molar-refractivity contribution in [3.05, 3.63) is 94.0 Å². The van der Waals surface area contributed by atoms with Crippen molar-refractivity contribution in [3.63, 3.8) is 0 Å². The van der Waals surface area contributed by atoms with Gasteiger partial charge in [-0.15, -0.1) is 0 Å². The Balaban J connectivity index is 0.917. The average Bonchev–Trinajstić information content (AvgIpc) is 3.88. The number of nitrogens with one attached hydrogen (secondary N) is 3. The molecule has 3 aromatic heterocycles. The lowest BCUT2D eigenvalue weighted by molar-refractivity contribution is -0.121. The third kappa shape index (κ3) is 6.52. The molecule has 9 rings (SSSR count). The molecular weight excluding hydrogens is 713 g/mol. The van der Waals surface area contributed by atoms with Crippen molar-refractivity contribution in [1.82, 2.24) is 34.9 Å². The first-order valence-electron chi connectivity index (χ1n) is 18.1. The van der Waals surface area contributed by atoms with Crippen molar-refractivity contribution >= 4 is 63.1 Å². The summed E-state index contributed by atoms with van der Waals surface area (Å²) in [5, 5.41) is 25.9. The number of aryl methyl sites for hydroxylation is 1. The number of hydrogen-bond acceptors (Lipinski definition) is 9. The molecule has 0 bridgehead atoms. The fraction of sp³-hybridized carbons (Fsp3) is 0.359. The molecule has 12 nitrogen and oxygen atoms in total. The summed E-state index contributed by atoms with van der Waals surface area (Å²) < 4.78 is 1.94. The van der Waals surface area contributed by atoms with Crippen LogP contribution in [0.2, 0.25) is 10.0 Å². The molecule has 0 saturated carbocycles. The normalized spacial score (nSPS) is 21.1. The molecule has 53 heavy (non-hydrogen) atoms. The molecule has 7 heterocycles. The first-order chi connectivity index (χ1) is 25.7. The Morgan fingerprint density at radius 1 is 1.00 bits per heavy atom. The van der Waals surface area contributed by atoms with Gasteiger partial charge in [0.05, 0.1) is 44.8 Å². The summed E-state index contributed by atoms with van der Waals surface area (Å²) >= 11 is 14.0. The molecule has 4 N–H and O–H groups in total. The van der Waals surface area contributed by atoms with Crippen molar-refractivity contribution in [1.29, 1.82) is 0 Å². The van der Waals surface area contributed by atoms with Gasteiger partial charge in [-0.2, -0.15) is 5.10 Å². The number of aliphatic hydroxyl groups is 1. The Kier molecular flexibility index (Phi) is 8.82. The minimum Gasteiger partial charge on any atom is -0.392 e. The Morgan fingerprint density at radius 3 is 2.55 bits per heavy atom. The topological polar surface area (TPSA) is 141 Å². The predicted octanol–water partition coefficient (Wildman–Crippen LogP) is 6.16. The first-order valence-corrected chi connectivity index (χ1v) is 18.9. The Labute approximate surface area is 316 Å². The van der Waals surface area contributed by atoms with E-state index in [-0.39, 0.29) is 29.5 Å². The standard InChI is InChI=1S/C39H39Cl2N9O3/c40-34-26(4-1-6-28(34)44-37-36-24(10-13-42-37)16-23(18-43-36)19-48-15-11-25(51)20-48)27-5-2-7-29(35(27)41)45-38(53)30-17-32-31(8-3-14-50(32)47-30)49-21-39(22-49)12-9-33(52)46-39/h1-2,4-7,10,13,16-18,25,31,51H,3,8-9,11-12,14-15,19-22H2,(H,42,44)(H,45,53)(H,46,52)/t25-,31?/m1/s1. The molecule has 3 saturated heterocycles. The number of carbonyl (C=O) groups excluding carboxylic acids is 2. The van der Waals surface area contributed by atoms with Crippen molar-refractivity contribution in [2.45, 2.75) is 62.9 Å². The van der Waals surface area contributed by atoms with E-state index in [1.54, 1.807) is 12.3 Å². The van der Waals surface area contributed by atoms with E-state index in [0.29, 0.717) is 62.5 Å². The monoisotopic (exact) mass is 751 g/mol. The number of aliphatic hydroxyl groups excluding tert-OH is 1. The molecule has 1 spiro atoms. The van der Waals surface area contributed by atoms with Crippen LogP contribution in [0.15, 0.2) is 67.0 Å². The van der Waals surface area contributed by atoms with E-state index in [4.69, 9.17) is 28.2 Å². The molecule has 2 amide bonds. The van der Waals surface area contributed by atoms with Gasteiger partial charge in [0.15, 0.2) is 11.5 Å². The van der Waals surface area contributed by atoms with Gasteiger partial charge in [-0.1, -0.05) is 47.5 Å². The second-order valence-corrected chi connectivity index (χ2v) is 15.5. The zero-order valence-corrected chi connectivity index (χ0v) is 30.5. The molecule has 0 aliphatic carbocycles. The van der Waals surface area contributed by atoms with Crippen molar-refractivity contribution in [3.8, 4) is 11.1 Å². The van der Waals surface area contributed by atoms with E-state index >= 15 is 0 Å². The maximum absolute atomic E-state index is 13.6. The Hall–Kier alpha value is -4.59. The van der Waals surface area contributed by atoms with Crippen LogP contribution in [-0.4, -0.2) is 84.3 Å². The fourth-order valence-corrected chi connectivity index (χ4v) is 8.94.